The first kappa shape index (κ1) is 21.4. The lowest BCUT2D eigenvalue weighted by Gasteiger charge is -2.36. The van der Waals surface area contributed by atoms with Crippen LogP contribution in [0.25, 0.3) is 22.1 Å². The Morgan fingerprint density at radius 1 is 1.24 bits per heavy atom. The third-order valence-corrected chi connectivity index (χ3v) is 6.41. The minimum Gasteiger partial charge on any atom is -0.495 e. The Hall–Kier alpha value is -3.43. The van der Waals surface area contributed by atoms with Crippen LogP contribution < -0.4 is 15.0 Å². The third-order valence-electron chi connectivity index (χ3n) is 6.41. The summed E-state index contributed by atoms with van der Waals surface area (Å²) in [5.74, 6) is 2.07. The molecule has 3 aromatic heterocycles. The lowest BCUT2D eigenvalue weighted by Crippen LogP contribution is -2.45. The molecule has 33 heavy (non-hydrogen) atoms. The first-order chi connectivity index (χ1) is 16.1. The molecule has 4 heterocycles. The van der Waals surface area contributed by atoms with Gasteiger partial charge in [-0.05, 0) is 42.7 Å². The summed E-state index contributed by atoms with van der Waals surface area (Å²) in [5.41, 5.74) is 4.55. The van der Waals surface area contributed by atoms with Gasteiger partial charge >= 0.3 is 0 Å². The van der Waals surface area contributed by atoms with E-state index in [4.69, 9.17) is 9.72 Å². The summed E-state index contributed by atoms with van der Waals surface area (Å²) in [6, 6.07) is 7.84. The van der Waals surface area contributed by atoms with Crippen LogP contribution >= 0.6 is 0 Å². The molecule has 0 bridgehead atoms. The van der Waals surface area contributed by atoms with Gasteiger partial charge in [-0.2, -0.15) is 0 Å². The number of aryl methyl sites for hydroxylation is 1. The summed E-state index contributed by atoms with van der Waals surface area (Å²) in [6.45, 7) is 3.86. The van der Waals surface area contributed by atoms with E-state index in [1.54, 1.807) is 13.3 Å². The van der Waals surface area contributed by atoms with E-state index in [2.05, 4.69) is 38.2 Å². The van der Waals surface area contributed by atoms with Crippen molar-refractivity contribution in [3.63, 3.8) is 0 Å². The summed E-state index contributed by atoms with van der Waals surface area (Å²) in [7, 11) is 1.67. The van der Waals surface area contributed by atoms with Gasteiger partial charge in [-0.1, -0.05) is 6.07 Å². The van der Waals surface area contributed by atoms with Crippen molar-refractivity contribution < 1.29 is 14.9 Å². The van der Waals surface area contributed by atoms with Crippen molar-refractivity contribution in [1.29, 1.82) is 0 Å². The highest BCUT2D eigenvalue weighted by atomic mass is 16.5. The average molecular weight is 449 g/mol. The normalized spacial score (nSPS) is 18.7. The number of aromatic nitrogens is 4. The molecule has 1 aromatic carbocycles. The molecule has 4 N–H and O–H groups in total. The van der Waals surface area contributed by atoms with E-state index in [1.807, 2.05) is 24.4 Å². The van der Waals surface area contributed by atoms with E-state index in [1.165, 1.54) is 0 Å². The van der Waals surface area contributed by atoms with Gasteiger partial charge in [0.1, 0.15) is 22.9 Å². The van der Waals surface area contributed by atoms with E-state index in [9.17, 15) is 10.2 Å². The molecule has 4 aromatic rings. The second-order valence-corrected chi connectivity index (χ2v) is 8.51. The Kier molecular flexibility index (Phi) is 5.74. The molecule has 0 spiro atoms. The molecule has 1 saturated heterocycles. The zero-order chi connectivity index (χ0) is 22.9. The van der Waals surface area contributed by atoms with Gasteiger partial charge in [-0.25, -0.2) is 15.0 Å². The van der Waals surface area contributed by atoms with Gasteiger partial charge in [0, 0.05) is 37.1 Å². The molecule has 0 aliphatic carbocycles. The molecular formula is C24H28N6O3. The number of anilines is 2. The van der Waals surface area contributed by atoms with Crippen molar-refractivity contribution in [3.8, 4) is 5.75 Å². The highest BCUT2D eigenvalue weighted by molar-refractivity contribution is 5.91. The maximum Gasteiger partial charge on any atom is 0.182 e. The molecule has 0 saturated carbocycles. The van der Waals surface area contributed by atoms with Crippen molar-refractivity contribution in [1.82, 2.24) is 19.9 Å². The van der Waals surface area contributed by atoms with Gasteiger partial charge in [0.15, 0.2) is 5.65 Å². The Bertz CT molecular complexity index is 1290. The summed E-state index contributed by atoms with van der Waals surface area (Å²) in [6.07, 6.45) is 3.83. The fourth-order valence-electron chi connectivity index (χ4n) is 4.53. The van der Waals surface area contributed by atoms with Crippen molar-refractivity contribution in [2.24, 2.45) is 5.92 Å². The van der Waals surface area contributed by atoms with Crippen LogP contribution in [0.4, 0.5) is 11.6 Å². The fraction of sp³-hybridized carbons (Fsp3) is 0.375. The van der Waals surface area contributed by atoms with Gasteiger partial charge < -0.3 is 30.2 Å². The maximum atomic E-state index is 10.0. The number of aromatic amines is 1. The van der Waals surface area contributed by atoms with Crippen LogP contribution in [-0.2, 0) is 6.54 Å². The third kappa shape index (κ3) is 4.05. The van der Waals surface area contributed by atoms with Gasteiger partial charge in [0.05, 0.1) is 31.5 Å². The maximum absolute atomic E-state index is 10.0. The van der Waals surface area contributed by atoms with E-state index in [-0.39, 0.29) is 12.5 Å². The Labute approximate surface area is 191 Å². The molecule has 5 rings (SSSR count). The summed E-state index contributed by atoms with van der Waals surface area (Å²) >= 11 is 0. The van der Waals surface area contributed by atoms with Crippen LogP contribution in [0, 0.1) is 12.8 Å². The second kappa shape index (κ2) is 8.84. The predicted octanol–water partition coefficient (Wildman–Crippen LogP) is 2.61. The van der Waals surface area contributed by atoms with Crippen molar-refractivity contribution in [2.75, 3.05) is 37.0 Å². The van der Waals surface area contributed by atoms with E-state index in [0.29, 0.717) is 43.0 Å². The van der Waals surface area contributed by atoms with E-state index in [0.717, 1.165) is 33.6 Å². The van der Waals surface area contributed by atoms with Crippen molar-refractivity contribution >= 4 is 33.7 Å². The van der Waals surface area contributed by atoms with Gasteiger partial charge in [0.25, 0.3) is 0 Å². The molecule has 1 aliphatic heterocycles. The number of nitrogens with one attached hydrogen (secondary N) is 2. The van der Waals surface area contributed by atoms with E-state index >= 15 is 0 Å². The largest absolute Gasteiger partial charge is 0.495 e. The average Bonchev–Trinajstić information content (AvgIpc) is 3.24. The number of fused-ring (bicyclic) bond motifs is 2. The number of aliphatic hydroxyl groups excluding tert-OH is 2. The van der Waals surface area contributed by atoms with Crippen molar-refractivity contribution in [3.05, 3.63) is 47.8 Å². The monoisotopic (exact) mass is 448 g/mol. The first-order valence-corrected chi connectivity index (χ1v) is 11.1. The number of hydrogen-bond acceptors (Lipinski definition) is 8. The lowest BCUT2D eigenvalue weighted by molar-refractivity contribution is 0.0524. The topological polar surface area (TPSA) is 119 Å². The summed E-state index contributed by atoms with van der Waals surface area (Å²) in [5, 5.41) is 24.1. The number of hydrogen-bond donors (Lipinski definition) is 4. The van der Waals surface area contributed by atoms with Gasteiger partial charge in [-0.3, -0.25) is 0 Å². The number of ether oxygens (including phenoxy) is 1. The van der Waals surface area contributed by atoms with Crippen LogP contribution in [0.3, 0.4) is 0 Å². The molecule has 9 nitrogen and oxygen atoms in total. The fourth-order valence-corrected chi connectivity index (χ4v) is 4.53. The number of benzene rings is 1. The minimum absolute atomic E-state index is 0.0433. The Morgan fingerprint density at radius 3 is 2.94 bits per heavy atom. The molecule has 0 amide bonds. The van der Waals surface area contributed by atoms with Crippen molar-refractivity contribution in [2.45, 2.75) is 26.0 Å². The van der Waals surface area contributed by atoms with Crippen LogP contribution in [0.15, 0.2) is 36.7 Å². The number of piperidine rings is 1. The summed E-state index contributed by atoms with van der Waals surface area (Å²) < 4.78 is 5.47. The number of pyridine rings is 1. The number of rotatable bonds is 6. The quantitative estimate of drug-likeness (QED) is 0.355. The number of aliphatic hydroxyl groups is 2. The minimum atomic E-state index is -0.476. The molecule has 0 radical (unpaired) electrons. The van der Waals surface area contributed by atoms with E-state index < -0.39 is 6.10 Å². The zero-order valence-corrected chi connectivity index (χ0v) is 18.7. The summed E-state index contributed by atoms with van der Waals surface area (Å²) in [4.78, 5) is 19.3. The molecular weight excluding hydrogens is 420 g/mol. The standard InChI is InChI=1S/C24H28N6O3/c1-14-9-27-23-19(33-2)5-3-15(22(14)23)10-26-20-11-25-17-4-6-21(29-24(17)28-20)30-8-7-18(32)16(12-30)13-31/h3-6,9,11,16,18,27,31-32H,7-8,10,12-13H2,1-2H3,(H,26,28,29)/t16-,18?/m1/s1. The van der Waals surface area contributed by atoms with Crippen LogP contribution in [0.5, 0.6) is 5.75 Å². The lowest BCUT2D eigenvalue weighted by atomic mass is 9.95. The smallest absolute Gasteiger partial charge is 0.182 e. The van der Waals surface area contributed by atoms with Gasteiger partial charge in [0.2, 0.25) is 0 Å². The number of nitrogens with zero attached hydrogens (tertiary/aromatic N) is 4. The zero-order valence-electron chi connectivity index (χ0n) is 18.7. The first-order valence-electron chi connectivity index (χ1n) is 11.1. The molecule has 2 atom stereocenters. The SMILES string of the molecule is COc1ccc(CNc2cnc3ccc(N4CCC(O)[C@@H](CO)C4)nc3n2)c2c(C)c[nH]c12. The highest BCUT2D eigenvalue weighted by Crippen LogP contribution is 2.30. The molecule has 9 heteroatoms. The molecule has 1 fully saturated rings. The molecule has 1 aliphatic rings. The Balaban J connectivity index is 1.38. The predicted molar refractivity (Wildman–Crippen MR) is 128 cm³/mol. The van der Waals surface area contributed by atoms with Crippen LogP contribution in [-0.4, -0.2) is 63.1 Å². The van der Waals surface area contributed by atoms with Crippen LogP contribution in [0.1, 0.15) is 17.5 Å². The molecule has 1 unspecified atom stereocenters. The Morgan fingerprint density at radius 2 is 2.12 bits per heavy atom. The van der Waals surface area contributed by atoms with Gasteiger partial charge in [-0.15, -0.1) is 0 Å². The molecule has 172 valence electrons. The highest BCUT2D eigenvalue weighted by Gasteiger charge is 2.28. The number of H-pyrrole nitrogens is 1. The van der Waals surface area contributed by atoms with Crippen LogP contribution in [0.2, 0.25) is 0 Å². The number of methoxy groups -OCH3 is 1. The second-order valence-electron chi connectivity index (χ2n) is 8.51.